The van der Waals surface area contributed by atoms with Crippen molar-refractivity contribution < 1.29 is 24.2 Å². The Bertz CT molecular complexity index is 1020. The number of hydrogen-bond acceptors (Lipinski definition) is 6. The van der Waals surface area contributed by atoms with E-state index in [-0.39, 0.29) is 5.75 Å². The number of hydrogen-bond donors (Lipinski definition) is 3. The lowest BCUT2D eigenvalue weighted by Crippen LogP contribution is -2.37. The van der Waals surface area contributed by atoms with Gasteiger partial charge in [-0.05, 0) is 48.7 Å². The molecule has 31 heavy (non-hydrogen) atoms. The number of nitrogens with one attached hydrogen (secondary N) is 2. The molecule has 0 spiro atoms. The number of halogens is 1. The molecule has 3 rings (SSSR count). The lowest BCUT2D eigenvalue weighted by molar-refractivity contribution is -0.114. The largest absolute Gasteiger partial charge is 0.504 e. The minimum atomic E-state index is -0.471. The van der Waals surface area contributed by atoms with Crippen LogP contribution in [0.1, 0.15) is 48.2 Å². The molecule has 0 atom stereocenters. The number of phenols is 1. The second-order valence-electron chi connectivity index (χ2n) is 7.05. The first-order chi connectivity index (χ1) is 14.9. The van der Waals surface area contributed by atoms with Gasteiger partial charge in [-0.2, -0.15) is 0 Å². The van der Waals surface area contributed by atoms with Gasteiger partial charge in [0.1, 0.15) is 0 Å². The Morgan fingerprint density at radius 3 is 2.52 bits per heavy atom. The zero-order valence-corrected chi connectivity index (χ0v) is 19.0. The highest BCUT2D eigenvalue weighted by molar-refractivity contribution is 9.10. The number of amides is 2. The minimum absolute atomic E-state index is 0.00166. The topological polar surface area (TPSA) is 96.9 Å². The molecule has 0 fully saturated rings. The first-order valence-corrected chi connectivity index (χ1v) is 10.9. The van der Waals surface area contributed by atoms with E-state index >= 15 is 0 Å². The van der Waals surface area contributed by atoms with Crippen LogP contribution in [0.25, 0.3) is 5.57 Å². The van der Waals surface area contributed by atoms with Crippen molar-refractivity contribution in [2.45, 2.75) is 33.2 Å². The van der Waals surface area contributed by atoms with Crippen LogP contribution in [0.2, 0.25) is 0 Å². The van der Waals surface area contributed by atoms with Crippen LogP contribution >= 0.6 is 15.9 Å². The summed E-state index contributed by atoms with van der Waals surface area (Å²) in [6.45, 7) is 5.30. The summed E-state index contributed by atoms with van der Waals surface area (Å²) >= 11 is 3.38. The highest BCUT2D eigenvalue weighted by Crippen LogP contribution is 2.38. The first kappa shape index (κ1) is 22.7. The van der Waals surface area contributed by atoms with Gasteiger partial charge in [-0.3, -0.25) is 14.9 Å². The summed E-state index contributed by atoms with van der Waals surface area (Å²) in [5.41, 5.74) is 2.09. The average molecular weight is 489 g/mol. The van der Waals surface area contributed by atoms with Crippen LogP contribution in [0.5, 0.6) is 17.2 Å². The number of carbonyl (C=O) groups excluding carboxylic acids is 2. The molecule has 8 heteroatoms. The molecule has 3 N–H and O–H groups in total. The molecule has 7 nitrogen and oxygen atoms in total. The summed E-state index contributed by atoms with van der Waals surface area (Å²) in [7, 11) is 0. The fraction of sp³-hybridized carbons (Fsp3) is 0.304. The predicted molar refractivity (Wildman–Crippen MR) is 121 cm³/mol. The summed E-state index contributed by atoms with van der Waals surface area (Å²) in [5, 5.41) is 15.9. The molecule has 0 radical (unpaired) electrons. The van der Waals surface area contributed by atoms with E-state index in [0.717, 1.165) is 22.9 Å². The summed E-state index contributed by atoms with van der Waals surface area (Å²) < 4.78 is 12.2. The molecule has 0 unspecified atom stereocenters. The van der Waals surface area contributed by atoms with Gasteiger partial charge in [-0.1, -0.05) is 29.8 Å². The molecule has 0 aliphatic carbocycles. The Kier molecular flexibility index (Phi) is 7.57. The SMILES string of the molecule is CCCOc1cc(CNC=C2C(=O)NC(=O)c3ccc(Br)cc32)cc(O)c1OCCC. The summed E-state index contributed by atoms with van der Waals surface area (Å²) in [5.74, 6) is -0.0747. The normalized spacial score (nSPS) is 14.2. The maximum Gasteiger partial charge on any atom is 0.260 e. The van der Waals surface area contributed by atoms with Crippen LogP contribution in [0.4, 0.5) is 0 Å². The Morgan fingerprint density at radius 2 is 1.77 bits per heavy atom. The molecular formula is C23H25BrN2O5. The van der Waals surface area contributed by atoms with E-state index in [4.69, 9.17) is 9.47 Å². The maximum atomic E-state index is 12.4. The minimum Gasteiger partial charge on any atom is -0.504 e. The Morgan fingerprint density at radius 1 is 1.03 bits per heavy atom. The second-order valence-corrected chi connectivity index (χ2v) is 7.97. The Hall–Kier alpha value is -3.00. The summed E-state index contributed by atoms with van der Waals surface area (Å²) in [4.78, 5) is 24.4. The van der Waals surface area contributed by atoms with Crippen LogP contribution in [0, 0.1) is 0 Å². The maximum absolute atomic E-state index is 12.4. The number of rotatable bonds is 9. The highest BCUT2D eigenvalue weighted by Gasteiger charge is 2.27. The number of imide groups is 1. The quantitative estimate of drug-likeness (QED) is 0.362. The molecule has 1 aliphatic rings. The van der Waals surface area contributed by atoms with Gasteiger partial charge in [0.2, 0.25) is 5.75 Å². The number of ether oxygens (including phenoxy) is 2. The van der Waals surface area contributed by atoms with E-state index in [1.165, 1.54) is 0 Å². The molecule has 1 heterocycles. The van der Waals surface area contributed by atoms with Gasteiger partial charge in [-0.25, -0.2) is 0 Å². The molecule has 1 aliphatic heterocycles. The van der Waals surface area contributed by atoms with Crippen molar-refractivity contribution in [2.24, 2.45) is 0 Å². The third-order valence-electron chi connectivity index (χ3n) is 4.55. The number of aromatic hydroxyl groups is 1. The zero-order chi connectivity index (χ0) is 22.4. The average Bonchev–Trinajstić information content (AvgIpc) is 2.73. The van der Waals surface area contributed by atoms with E-state index in [2.05, 4.69) is 26.6 Å². The number of benzene rings is 2. The van der Waals surface area contributed by atoms with Gasteiger partial charge in [0.25, 0.3) is 11.8 Å². The van der Waals surface area contributed by atoms with Crippen molar-refractivity contribution in [3.8, 4) is 17.2 Å². The summed E-state index contributed by atoms with van der Waals surface area (Å²) in [6, 6.07) is 8.56. The van der Waals surface area contributed by atoms with Gasteiger partial charge >= 0.3 is 0 Å². The standard InChI is InChI=1S/C23H25BrN2O5/c1-3-7-30-20-10-14(9-19(27)21(20)31-8-4-2)12-25-13-18-17-11-15(24)5-6-16(17)22(28)26-23(18)29/h5-6,9-11,13,25,27H,3-4,7-8,12H2,1-2H3,(H,26,28,29). The van der Waals surface area contributed by atoms with E-state index in [1.54, 1.807) is 36.5 Å². The molecule has 0 bridgehead atoms. The van der Waals surface area contributed by atoms with Gasteiger partial charge in [0.15, 0.2) is 11.5 Å². The van der Waals surface area contributed by atoms with Crippen LogP contribution in [0.3, 0.4) is 0 Å². The molecule has 0 aromatic heterocycles. The number of carbonyl (C=O) groups is 2. The van der Waals surface area contributed by atoms with E-state index in [9.17, 15) is 14.7 Å². The lowest BCUT2D eigenvalue weighted by Gasteiger charge is -2.19. The van der Waals surface area contributed by atoms with E-state index in [0.29, 0.717) is 48.0 Å². The Balaban J connectivity index is 1.82. The van der Waals surface area contributed by atoms with Crippen molar-refractivity contribution in [3.05, 3.63) is 57.7 Å². The van der Waals surface area contributed by atoms with Gasteiger partial charge in [0, 0.05) is 28.3 Å². The molecule has 0 saturated heterocycles. The third-order valence-corrected chi connectivity index (χ3v) is 5.04. The Labute approximate surface area is 189 Å². The number of fused-ring (bicyclic) bond motifs is 1. The molecule has 2 amide bonds. The van der Waals surface area contributed by atoms with Crippen molar-refractivity contribution in [2.75, 3.05) is 13.2 Å². The monoisotopic (exact) mass is 488 g/mol. The van der Waals surface area contributed by atoms with Crippen molar-refractivity contribution in [1.29, 1.82) is 0 Å². The van der Waals surface area contributed by atoms with Crippen molar-refractivity contribution >= 4 is 33.3 Å². The van der Waals surface area contributed by atoms with Gasteiger partial charge in [-0.15, -0.1) is 0 Å². The molecule has 164 valence electrons. The van der Waals surface area contributed by atoms with Gasteiger partial charge in [0.05, 0.1) is 18.8 Å². The van der Waals surface area contributed by atoms with Gasteiger partial charge < -0.3 is 19.9 Å². The molecule has 2 aromatic carbocycles. The molecule has 0 saturated carbocycles. The van der Waals surface area contributed by atoms with Crippen molar-refractivity contribution in [1.82, 2.24) is 10.6 Å². The predicted octanol–water partition coefficient (Wildman–Crippen LogP) is 4.13. The van der Waals surface area contributed by atoms with E-state index < -0.39 is 11.8 Å². The van der Waals surface area contributed by atoms with Crippen LogP contribution < -0.4 is 20.1 Å². The van der Waals surface area contributed by atoms with Crippen LogP contribution in [-0.4, -0.2) is 30.1 Å². The fourth-order valence-electron chi connectivity index (χ4n) is 3.13. The second kappa shape index (κ2) is 10.3. The fourth-order valence-corrected chi connectivity index (χ4v) is 3.49. The first-order valence-electron chi connectivity index (χ1n) is 10.1. The zero-order valence-electron chi connectivity index (χ0n) is 17.5. The smallest absolute Gasteiger partial charge is 0.260 e. The molecule has 2 aromatic rings. The number of phenolic OH excluding ortho intramolecular Hbond substituents is 1. The van der Waals surface area contributed by atoms with Crippen molar-refractivity contribution in [3.63, 3.8) is 0 Å². The van der Waals surface area contributed by atoms with E-state index in [1.807, 2.05) is 13.8 Å². The highest BCUT2D eigenvalue weighted by atomic mass is 79.9. The molecular weight excluding hydrogens is 464 g/mol. The van der Waals surface area contributed by atoms with Crippen LogP contribution in [-0.2, 0) is 11.3 Å². The lowest BCUT2D eigenvalue weighted by atomic mass is 9.95. The third kappa shape index (κ3) is 5.38. The summed E-state index contributed by atoms with van der Waals surface area (Å²) in [6.07, 6.45) is 3.20. The van der Waals surface area contributed by atoms with Crippen LogP contribution in [0.15, 0.2) is 41.0 Å².